The maximum atomic E-state index is 12.2. The zero-order valence-electron chi connectivity index (χ0n) is 13.9. The van der Waals surface area contributed by atoms with E-state index in [1.54, 1.807) is 31.3 Å². The van der Waals surface area contributed by atoms with Crippen molar-refractivity contribution < 1.29 is 14.1 Å². The van der Waals surface area contributed by atoms with Crippen molar-refractivity contribution in [2.24, 2.45) is 7.05 Å². The van der Waals surface area contributed by atoms with Gasteiger partial charge in [0.2, 0.25) is 5.78 Å². The second-order valence-electron chi connectivity index (χ2n) is 5.55. The van der Waals surface area contributed by atoms with Crippen molar-refractivity contribution in [3.8, 4) is 0 Å². The average Bonchev–Trinajstić information content (AvgIpc) is 3.25. The van der Waals surface area contributed by atoms with Crippen molar-refractivity contribution in [3.63, 3.8) is 0 Å². The lowest BCUT2D eigenvalue weighted by Crippen LogP contribution is -2.03. The van der Waals surface area contributed by atoms with Crippen LogP contribution in [0.4, 0.5) is 5.82 Å². The van der Waals surface area contributed by atoms with E-state index in [0.717, 1.165) is 5.69 Å². The molecule has 134 valence electrons. The van der Waals surface area contributed by atoms with E-state index in [4.69, 9.17) is 4.42 Å². The average molecular weight is 420 g/mol. The largest absolute Gasteiger partial charge is 0.460 e. The van der Waals surface area contributed by atoms with Gasteiger partial charge in [-0.1, -0.05) is 0 Å². The number of aryl methyl sites for hydroxylation is 2. The monoisotopic (exact) mass is 419 g/mol. The second-order valence-corrected chi connectivity index (χ2v) is 6.41. The molecule has 3 aromatic heterocycles. The van der Waals surface area contributed by atoms with Crippen LogP contribution in [0.15, 0.2) is 39.4 Å². The summed E-state index contributed by atoms with van der Waals surface area (Å²) in [6.45, 7) is 2.05. The Morgan fingerprint density at radius 2 is 2.19 bits per heavy atom. The first-order chi connectivity index (χ1) is 12.3. The Bertz CT molecular complexity index is 1010. The van der Waals surface area contributed by atoms with E-state index in [2.05, 4.69) is 26.1 Å². The Morgan fingerprint density at radius 1 is 1.42 bits per heavy atom. The predicted molar refractivity (Wildman–Crippen MR) is 95.7 cm³/mol. The lowest BCUT2D eigenvalue weighted by atomic mass is 10.2. The minimum Gasteiger partial charge on any atom is -0.460 e. The number of carbonyl (C=O) groups excluding carboxylic acids is 1. The summed E-state index contributed by atoms with van der Waals surface area (Å²) in [5.74, 6) is 0.609. The van der Waals surface area contributed by atoms with Crippen LogP contribution in [0.25, 0.3) is 6.08 Å². The fraction of sp³-hybridized carbons (Fsp3) is 0.188. The number of ketones is 1. The number of nitro groups is 1. The summed E-state index contributed by atoms with van der Waals surface area (Å²) in [4.78, 5) is 22.4. The molecule has 0 N–H and O–H groups in total. The number of hydrogen-bond donors (Lipinski definition) is 0. The number of allylic oxidation sites excluding steroid dienone is 1. The molecule has 10 heteroatoms. The Hall–Kier alpha value is -3.01. The number of halogens is 1. The Kier molecular flexibility index (Phi) is 4.85. The van der Waals surface area contributed by atoms with Crippen LogP contribution >= 0.6 is 15.9 Å². The fourth-order valence-corrected chi connectivity index (χ4v) is 2.87. The van der Waals surface area contributed by atoms with E-state index in [0.29, 0.717) is 21.7 Å². The van der Waals surface area contributed by atoms with Crippen molar-refractivity contribution in [1.29, 1.82) is 0 Å². The molecule has 0 saturated heterocycles. The quantitative estimate of drug-likeness (QED) is 0.262. The smallest absolute Gasteiger partial charge is 0.404 e. The molecule has 0 aliphatic heterocycles. The molecule has 0 amide bonds. The molecule has 0 aromatic carbocycles. The minimum absolute atomic E-state index is 0.183. The Labute approximate surface area is 156 Å². The van der Waals surface area contributed by atoms with Crippen LogP contribution in [0.2, 0.25) is 0 Å². The number of rotatable bonds is 6. The van der Waals surface area contributed by atoms with Crippen molar-refractivity contribution in [2.45, 2.75) is 13.5 Å². The van der Waals surface area contributed by atoms with Gasteiger partial charge in [0.05, 0.1) is 17.0 Å². The standard InChI is InChI=1S/C16H14BrN5O4/c1-10-7-14(20(2)18-10)15(23)6-5-11-3-4-12(26-11)8-21-9-13(17)16(19-21)22(24)25/h3-7,9H,8H2,1-2H3/b6-5+. The number of carbonyl (C=O) groups is 1. The van der Waals surface area contributed by atoms with Crippen LogP contribution in [0, 0.1) is 17.0 Å². The van der Waals surface area contributed by atoms with Gasteiger partial charge in [0.25, 0.3) is 0 Å². The van der Waals surface area contributed by atoms with Gasteiger partial charge in [-0.25, -0.2) is 0 Å². The molecule has 3 heterocycles. The number of furan rings is 1. The highest BCUT2D eigenvalue weighted by Crippen LogP contribution is 2.23. The van der Waals surface area contributed by atoms with E-state index >= 15 is 0 Å². The first-order valence-corrected chi connectivity index (χ1v) is 8.32. The molecule has 0 fully saturated rings. The van der Waals surface area contributed by atoms with Gasteiger partial charge in [-0.05, 0) is 58.1 Å². The van der Waals surface area contributed by atoms with Crippen LogP contribution in [0.1, 0.15) is 27.7 Å². The SMILES string of the molecule is Cc1cc(C(=O)/C=C/c2ccc(Cn3cc(Br)c([N+](=O)[O-])n3)o2)n(C)n1. The van der Waals surface area contributed by atoms with E-state index in [-0.39, 0.29) is 18.1 Å². The number of nitrogens with zero attached hydrogens (tertiary/aromatic N) is 5. The minimum atomic E-state index is -0.567. The summed E-state index contributed by atoms with van der Waals surface area (Å²) in [5.41, 5.74) is 1.25. The van der Waals surface area contributed by atoms with Crippen molar-refractivity contribution in [2.75, 3.05) is 0 Å². The summed E-state index contributed by atoms with van der Waals surface area (Å²) in [6.07, 6.45) is 4.48. The van der Waals surface area contributed by atoms with E-state index in [1.807, 2.05) is 6.92 Å². The molecule has 0 saturated carbocycles. The maximum Gasteiger partial charge on any atom is 0.404 e. The summed E-state index contributed by atoms with van der Waals surface area (Å²) in [7, 11) is 1.71. The molecule has 26 heavy (non-hydrogen) atoms. The first-order valence-electron chi connectivity index (χ1n) is 7.52. The molecule has 0 unspecified atom stereocenters. The summed E-state index contributed by atoms with van der Waals surface area (Å²) in [6, 6.07) is 5.14. The van der Waals surface area contributed by atoms with Crippen LogP contribution in [-0.4, -0.2) is 30.3 Å². The normalized spacial score (nSPS) is 11.3. The molecule has 9 nitrogen and oxygen atoms in total. The summed E-state index contributed by atoms with van der Waals surface area (Å²) in [5, 5.41) is 18.8. The third kappa shape index (κ3) is 3.80. The predicted octanol–water partition coefficient (Wildman–Crippen LogP) is 3.13. The second kappa shape index (κ2) is 7.08. The van der Waals surface area contributed by atoms with Gasteiger partial charge in [-0.3, -0.25) is 9.48 Å². The summed E-state index contributed by atoms with van der Waals surface area (Å²) >= 11 is 3.10. The third-order valence-corrected chi connectivity index (χ3v) is 4.09. The van der Waals surface area contributed by atoms with Gasteiger partial charge in [0, 0.05) is 7.05 Å². The highest BCUT2D eigenvalue weighted by atomic mass is 79.9. The maximum absolute atomic E-state index is 12.2. The lowest BCUT2D eigenvalue weighted by molar-refractivity contribution is -0.390. The topological polar surface area (TPSA) is 109 Å². The van der Waals surface area contributed by atoms with E-state index < -0.39 is 4.92 Å². The lowest BCUT2D eigenvalue weighted by Gasteiger charge is -1.95. The molecule has 3 aromatic rings. The van der Waals surface area contributed by atoms with Gasteiger partial charge >= 0.3 is 5.82 Å². The van der Waals surface area contributed by atoms with Crippen LogP contribution < -0.4 is 0 Å². The number of aromatic nitrogens is 4. The molecule has 0 spiro atoms. The van der Waals surface area contributed by atoms with Crippen molar-refractivity contribution >= 4 is 33.6 Å². The molecular formula is C16H14BrN5O4. The van der Waals surface area contributed by atoms with E-state index in [9.17, 15) is 14.9 Å². The Balaban J connectivity index is 1.70. The molecule has 0 bridgehead atoms. The van der Waals surface area contributed by atoms with Crippen LogP contribution in [-0.2, 0) is 13.6 Å². The van der Waals surface area contributed by atoms with E-state index in [1.165, 1.54) is 21.6 Å². The first kappa shape index (κ1) is 17.8. The zero-order valence-corrected chi connectivity index (χ0v) is 15.5. The van der Waals surface area contributed by atoms with Gasteiger partial charge in [-0.15, -0.1) is 0 Å². The molecule has 0 atom stereocenters. The molecular weight excluding hydrogens is 406 g/mol. The van der Waals surface area contributed by atoms with Crippen molar-refractivity contribution in [1.82, 2.24) is 19.6 Å². The summed E-state index contributed by atoms with van der Waals surface area (Å²) < 4.78 is 8.84. The van der Waals surface area contributed by atoms with Gasteiger partial charge < -0.3 is 14.5 Å². The number of hydrogen-bond acceptors (Lipinski definition) is 6. The fourth-order valence-electron chi connectivity index (χ4n) is 2.40. The highest BCUT2D eigenvalue weighted by molar-refractivity contribution is 9.10. The van der Waals surface area contributed by atoms with Gasteiger partial charge in [-0.2, -0.15) is 9.78 Å². The third-order valence-electron chi connectivity index (χ3n) is 3.53. The molecule has 0 aliphatic rings. The Morgan fingerprint density at radius 3 is 2.81 bits per heavy atom. The van der Waals surface area contributed by atoms with Gasteiger partial charge in [0.1, 0.15) is 28.2 Å². The molecule has 0 aliphatic carbocycles. The van der Waals surface area contributed by atoms with Gasteiger partial charge in [0.15, 0.2) is 0 Å². The highest BCUT2D eigenvalue weighted by Gasteiger charge is 2.19. The van der Waals surface area contributed by atoms with Crippen molar-refractivity contribution in [3.05, 3.63) is 68.0 Å². The zero-order chi connectivity index (χ0) is 18.8. The molecule has 0 radical (unpaired) electrons. The molecule has 3 rings (SSSR count). The van der Waals surface area contributed by atoms with Crippen LogP contribution in [0.5, 0.6) is 0 Å². The van der Waals surface area contributed by atoms with Crippen LogP contribution in [0.3, 0.4) is 0 Å².